The highest BCUT2D eigenvalue weighted by Gasteiger charge is 2.24. The molecule has 1 saturated heterocycles. The second-order valence-electron chi connectivity index (χ2n) is 6.97. The fourth-order valence-corrected chi connectivity index (χ4v) is 3.66. The average molecular weight is 368 g/mol. The van der Waals surface area contributed by atoms with Crippen molar-refractivity contribution in [2.75, 3.05) is 23.6 Å². The molecule has 2 aromatic rings. The van der Waals surface area contributed by atoms with Crippen LogP contribution in [0.2, 0.25) is 0 Å². The molecule has 142 valence electrons. The summed E-state index contributed by atoms with van der Waals surface area (Å²) < 4.78 is 10.7. The number of hydrogen-bond acceptors (Lipinski definition) is 6. The maximum absolute atomic E-state index is 12.8. The molecule has 1 fully saturated rings. The summed E-state index contributed by atoms with van der Waals surface area (Å²) in [5.41, 5.74) is 1.80. The van der Waals surface area contributed by atoms with Gasteiger partial charge in [0.15, 0.2) is 11.5 Å². The summed E-state index contributed by atoms with van der Waals surface area (Å²) in [6, 6.07) is 7.49. The van der Waals surface area contributed by atoms with Gasteiger partial charge in [0.25, 0.3) is 5.91 Å². The summed E-state index contributed by atoms with van der Waals surface area (Å²) in [5, 5.41) is 2.89. The molecule has 0 bridgehead atoms. The molecule has 0 aliphatic carbocycles. The van der Waals surface area contributed by atoms with E-state index in [0.717, 1.165) is 31.5 Å². The van der Waals surface area contributed by atoms with E-state index < -0.39 is 0 Å². The van der Waals surface area contributed by atoms with Gasteiger partial charge in [0, 0.05) is 30.0 Å². The molecule has 2 aliphatic heterocycles. The van der Waals surface area contributed by atoms with Crippen molar-refractivity contribution < 1.29 is 14.3 Å². The van der Waals surface area contributed by atoms with Crippen LogP contribution < -0.4 is 19.7 Å². The van der Waals surface area contributed by atoms with E-state index in [2.05, 4.69) is 27.1 Å². The van der Waals surface area contributed by atoms with Crippen LogP contribution >= 0.6 is 0 Å². The lowest BCUT2D eigenvalue weighted by molar-refractivity contribution is 0.102. The van der Waals surface area contributed by atoms with Gasteiger partial charge in [-0.05, 0) is 50.8 Å². The van der Waals surface area contributed by atoms with E-state index in [4.69, 9.17) is 9.47 Å². The number of hydrogen-bond donors (Lipinski definition) is 1. The lowest BCUT2D eigenvalue weighted by Crippen LogP contribution is -2.40. The van der Waals surface area contributed by atoms with Gasteiger partial charge in [-0.2, -0.15) is 0 Å². The zero-order chi connectivity index (χ0) is 18.8. The summed E-state index contributed by atoms with van der Waals surface area (Å²) >= 11 is 0. The van der Waals surface area contributed by atoms with E-state index in [0.29, 0.717) is 34.9 Å². The first-order valence-corrected chi connectivity index (χ1v) is 9.47. The highest BCUT2D eigenvalue weighted by molar-refractivity contribution is 6.03. The van der Waals surface area contributed by atoms with Crippen molar-refractivity contribution in [1.82, 2.24) is 9.97 Å². The number of rotatable bonds is 4. The first-order valence-electron chi connectivity index (χ1n) is 9.47. The van der Waals surface area contributed by atoms with Gasteiger partial charge in [-0.3, -0.25) is 4.79 Å². The fraction of sp³-hybridized carbons (Fsp3) is 0.450. The van der Waals surface area contributed by atoms with E-state index in [9.17, 15) is 4.79 Å². The van der Waals surface area contributed by atoms with Crippen molar-refractivity contribution in [3.63, 3.8) is 0 Å². The van der Waals surface area contributed by atoms with Crippen molar-refractivity contribution in [3.8, 4) is 11.5 Å². The number of anilines is 2. The minimum atomic E-state index is -0.259. The van der Waals surface area contributed by atoms with Gasteiger partial charge in [-0.1, -0.05) is 6.92 Å². The van der Waals surface area contributed by atoms with Crippen LogP contribution in [0.25, 0.3) is 0 Å². The first-order chi connectivity index (χ1) is 13.1. The average Bonchev–Trinajstić information content (AvgIpc) is 3.15. The Bertz CT molecular complexity index is 855. The van der Waals surface area contributed by atoms with Crippen molar-refractivity contribution in [3.05, 3.63) is 35.7 Å². The monoisotopic (exact) mass is 368 g/mol. The van der Waals surface area contributed by atoms with Crippen LogP contribution in [0.1, 0.15) is 48.8 Å². The Balaban J connectivity index is 1.56. The summed E-state index contributed by atoms with van der Waals surface area (Å²) in [7, 11) is 0. The molecule has 7 heteroatoms. The second kappa shape index (κ2) is 7.42. The van der Waals surface area contributed by atoms with Gasteiger partial charge in [0.1, 0.15) is 5.69 Å². The van der Waals surface area contributed by atoms with Gasteiger partial charge in [-0.25, -0.2) is 9.97 Å². The Morgan fingerprint density at radius 3 is 2.93 bits per heavy atom. The molecule has 4 rings (SSSR count). The van der Waals surface area contributed by atoms with Gasteiger partial charge in [0.2, 0.25) is 12.7 Å². The quantitative estimate of drug-likeness (QED) is 0.890. The molecule has 7 nitrogen and oxygen atoms in total. The Kier molecular flexibility index (Phi) is 4.83. The molecule has 0 radical (unpaired) electrons. The van der Waals surface area contributed by atoms with Crippen LogP contribution in [-0.2, 0) is 0 Å². The van der Waals surface area contributed by atoms with Crippen LogP contribution in [0.4, 0.5) is 11.6 Å². The Labute approximate surface area is 158 Å². The fourth-order valence-electron chi connectivity index (χ4n) is 3.66. The molecule has 1 N–H and O–H groups in total. The number of nitrogens with zero attached hydrogens (tertiary/aromatic N) is 3. The van der Waals surface area contributed by atoms with Gasteiger partial charge >= 0.3 is 0 Å². The molecule has 1 aromatic heterocycles. The van der Waals surface area contributed by atoms with E-state index in [1.54, 1.807) is 24.3 Å². The molecule has 0 spiro atoms. The molecular formula is C20H24N4O3. The molecule has 1 unspecified atom stereocenters. The second-order valence-corrected chi connectivity index (χ2v) is 6.97. The van der Waals surface area contributed by atoms with Crippen LogP contribution in [0.15, 0.2) is 24.3 Å². The Hall–Kier alpha value is -2.83. The predicted molar refractivity (Wildman–Crippen MR) is 103 cm³/mol. The Morgan fingerprint density at radius 1 is 1.22 bits per heavy atom. The highest BCUT2D eigenvalue weighted by atomic mass is 16.7. The van der Waals surface area contributed by atoms with Crippen molar-refractivity contribution >= 4 is 17.5 Å². The lowest BCUT2D eigenvalue weighted by atomic mass is 10.0. The summed E-state index contributed by atoms with van der Waals surface area (Å²) in [6.07, 6.45) is 4.56. The number of ether oxygens (including phenoxy) is 2. The van der Waals surface area contributed by atoms with Crippen LogP contribution in [0, 0.1) is 6.92 Å². The molecule has 2 aliphatic rings. The predicted octanol–water partition coefficient (Wildman–Crippen LogP) is 3.53. The maximum Gasteiger partial charge on any atom is 0.274 e. The topological polar surface area (TPSA) is 76.6 Å². The standard InChI is InChI=1S/C20H24N4O3/c1-3-15-6-4-5-9-24(15)20-21-13(2)10-16(23-20)19(25)22-14-7-8-17-18(11-14)27-12-26-17/h7-8,10-11,15H,3-6,9,12H2,1-2H3,(H,22,25). The third-order valence-electron chi connectivity index (χ3n) is 5.06. The minimum Gasteiger partial charge on any atom is -0.454 e. The highest BCUT2D eigenvalue weighted by Crippen LogP contribution is 2.34. The number of carbonyl (C=O) groups is 1. The normalized spacial score (nSPS) is 18.4. The van der Waals surface area contributed by atoms with Crippen LogP contribution in [-0.4, -0.2) is 35.3 Å². The molecule has 1 atom stereocenters. The number of nitrogens with one attached hydrogen (secondary N) is 1. The van der Waals surface area contributed by atoms with Gasteiger partial charge < -0.3 is 19.7 Å². The van der Waals surface area contributed by atoms with Crippen LogP contribution in [0.3, 0.4) is 0 Å². The van der Waals surface area contributed by atoms with E-state index >= 15 is 0 Å². The van der Waals surface area contributed by atoms with Crippen molar-refractivity contribution in [2.24, 2.45) is 0 Å². The third-order valence-corrected chi connectivity index (χ3v) is 5.06. The smallest absolute Gasteiger partial charge is 0.274 e. The largest absolute Gasteiger partial charge is 0.454 e. The number of piperidine rings is 1. The molecule has 3 heterocycles. The number of carbonyl (C=O) groups excluding carboxylic acids is 1. The molecule has 27 heavy (non-hydrogen) atoms. The number of amides is 1. The summed E-state index contributed by atoms with van der Waals surface area (Å²) in [5.74, 6) is 1.71. The third kappa shape index (κ3) is 3.67. The Morgan fingerprint density at radius 2 is 2.07 bits per heavy atom. The number of benzene rings is 1. The zero-order valence-electron chi connectivity index (χ0n) is 15.7. The van der Waals surface area contributed by atoms with E-state index in [1.165, 1.54) is 6.42 Å². The molecular weight excluding hydrogens is 344 g/mol. The van der Waals surface area contributed by atoms with Crippen LogP contribution in [0.5, 0.6) is 11.5 Å². The minimum absolute atomic E-state index is 0.204. The van der Waals surface area contributed by atoms with Crippen molar-refractivity contribution in [2.45, 2.75) is 45.6 Å². The number of aryl methyl sites for hydroxylation is 1. The van der Waals surface area contributed by atoms with Gasteiger partial charge in [0.05, 0.1) is 0 Å². The van der Waals surface area contributed by atoms with E-state index in [-0.39, 0.29) is 12.7 Å². The summed E-state index contributed by atoms with van der Waals surface area (Å²) in [4.78, 5) is 24.2. The zero-order valence-corrected chi connectivity index (χ0v) is 15.7. The van der Waals surface area contributed by atoms with E-state index in [1.807, 2.05) is 6.92 Å². The van der Waals surface area contributed by atoms with Gasteiger partial charge in [-0.15, -0.1) is 0 Å². The molecule has 1 amide bonds. The SMILES string of the molecule is CCC1CCCCN1c1nc(C)cc(C(=O)Nc2ccc3c(c2)OCO3)n1. The number of fused-ring (bicyclic) bond motifs is 1. The molecule has 1 aromatic carbocycles. The molecule has 0 saturated carbocycles. The maximum atomic E-state index is 12.8. The summed E-state index contributed by atoms with van der Waals surface area (Å²) in [6.45, 7) is 5.22. The van der Waals surface area contributed by atoms with Crippen molar-refractivity contribution in [1.29, 1.82) is 0 Å². The first kappa shape index (κ1) is 17.6. The number of aromatic nitrogens is 2. The lowest BCUT2D eigenvalue weighted by Gasteiger charge is -2.35.